The Bertz CT molecular complexity index is 377. The number of nitrogens with zero attached hydrogens (tertiary/aromatic N) is 2. The lowest BCUT2D eigenvalue weighted by molar-refractivity contribution is 0.0957. The fraction of sp³-hybridized carbons (Fsp3) is 0.556. The van der Waals surface area contributed by atoms with Gasteiger partial charge in [-0.05, 0) is 18.0 Å². The summed E-state index contributed by atoms with van der Waals surface area (Å²) in [5, 5.41) is 6.67. The Morgan fingerprint density at radius 3 is 3.00 bits per heavy atom. The van der Waals surface area contributed by atoms with Crippen LogP contribution in [-0.4, -0.2) is 27.0 Å². The third kappa shape index (κ3) is 3.82. The zero-order valence-corrected chi connectivity index (χ0v) is 10.7. The number of hydrogen-bond acceptors (Lipinski definition) is 5. The van der Waals surface area contributed by atoms with Crippen molar-refractivity contribution in [3.8, 4) is 0 Å². The maximum atomic E-state index is 11.7. The second-order valence-electron chi connectivity index (χ2n) is 3.27. The molecular weight excluding hydrogens is 244 g/mol. The number of carbonyl (C=O) groups is 1. The fourth-order valence-electron chi connectivity index (χ4n) is 1.16. The van der Waals surface area contributed by atoms with Gasteiger partial charge in [-0.1, -0.05) is 30.1 Å². The molecule has 0 aliphatic heterocycles. The summed E-state index contributed by atoms with van der Waals surface area (Å²) in [7, 11) is 0. The van der Waals surface area contributed by atoms with Crippen LogP contribution in [-0.2, 0) is 6.42 Å². The SMILES string of the molecule is CCCc1nnsc1C(=O)NCCC(N)=S. The first kappa shape index (κ1) is 13.0. The molecule has 16 heavy (non-hydrogen) atoms. The summed E-state index contributed by atoms with van der Waals surface area (Å²) < 4.78 is 3.79. The smallest absolute Gasteiger partial charge is 0.264 e. The minimum Gasteiger partial charge on any atom is -0.393 e. The Morgan fingerprint density at radius 2 is 2.38 bits per heavy atom. The van der Waals surface area contributed by atoms with Crippen molar-refractivity contribution in [3.05, 3.63) is 10.6 Å². The average Bonchev–Trinajstić information content (AvgIpc) is 2.66. The maximum Gasteiger partial charge on any atom is 0.264 e. The summed E-state index contributed by atoms with van der Waals surface area (Å²) in [6.07, 6.45) is 2.23. The first-order valence-corrected chi connectivity index (χ1v) is 6.21. The Hall–Kier alpha value is -1.08. The number of carbonyl (C=O) groups excluding carboxylic acids is 1. The minimum atomic E-state index is -0.144. The molecule has 0 aliphatic carbocycles. The molecule has 3 N–H and O–H groups in total. The van der Waals surface area contributed by atoms with Crippen molar-refractivity contribution >= 4 is 34.6 Å². The predicted molar refractivity (Wildman–Crippen MR) is 67.6 cm³/mol. The first-order valence-electron chi connectivity index (χ1n) is 5.02. The lowest BCUT2D eigenvalue weighted by Crippen LogP contribution is -2.27. The Kier molecular flexibility index (Phi) is 5.27. The molecule has 1 rings (SSSR count). The summed E-state index contributed by atoms with van der Waals surface area (Å²) in [6.45, 7) is 2.49. The normalized spacial score (nSPS) is 10.1. The van der Waals surface area contributed by atoms with Gasteiger partial charge in [0.2, 0.25) is 0 Å². The molecule has 0 aromatic carbocycles. The second kappa shape index (κ2) is 6.49. The van der Waals surface area contributed by atoms with E-state index in [-0.39, 0.29) is 5.91 Å². The van der Waals surface area contributed by atoms with Gasteiger partial charge in [-0.3, -0.25) is 4.79 Å². The van der Waals surface area contributed by atoms with Gasteiger partial charge in [0.1, 0.15) is 4.88 Å². The number of nitrogens with two attached hydrogens (primary N) is 1. The highest BCUT2D eigenvalue weighted by molar-refractivity contribution is 7.80. The van der Waals surface area contributed by atoms with Crippen LogP contribution in [0.1, 0.15) is 35.1 Å². The minimum absolute atomic E-state index is 0.144. The monoisotopic (exact) mass is 258 g/mol. The molecule has 0 radical (unpaired) electrons. The Morgan fingerprint density at radius 1 is 1.62 bits per heavy atom. The zero-order chi connectivity index (χ0) is 12.0. The topological polar surface area (TPSA) is 80.9 Å². The number of aromatic nitrogens is 2. The third-order valence-corrected chi connectivity index (χ3v) is 2.88. The fourth-order valence-corrected chi connectivity index (χ4v) is 1.89. The molecule has 1 aromatic rings. The largest absolute Gasteiger partial charge is 0.393 e. The van der Waals surface area contributed by atoms with Crippen molar-refractivity contribution in [1.82, 2.24) is 14.9 Å². The molecule has 0 saturated heterocycles. The van der Waals surface area contributed by atoms with Crippen LogP contribution in [0.4, 0.5) is 0 Å². The van der Waals surface area contributed by atoms with Crippen LogP contribution < -0.4 is 11.1 Å². The maximum absolute atomic E-state index is 11.7. The van der Waals surface area contributed by atoms with Crippen molar-refractivity contribution < 1.29 is 4.79 Å². The van der Waals surface area contributed by atoms with Crippen molar-refractivity contribution in [2.24, 2.45) is 5.73 Å². The lowest BCUT2D eigenvalue weighted by atomic mass is 10.2. The lowest BCUT2D eigenvalue weighted by Gasteiger charge is -2.02. The molecular formula is C9H14N4OS2. The molecule has 0 aliphatic rings. The van der Waals surface area contributed by atoms with Gasteiger partial charge in [-0.25, -0.2) is 0 Å². The van der Waals surface area contributed by atoms with Crippen LogP contribution in [0.25, 0.3) is 0 Å². The van der Waals surface area contributed by atoms with Gasteiger partial charge in [0, 0.05) is 13.0 Å². The summed E-state index contributed by atoms with van der Waals surface area (Å²) >= 11 is 5.84. The molecule has 1 aromatic heterocycles. The van der Waals surface area contributed by atoms with Gasteiger partial charge in [0.15, 0.2) is 0 Å². The van der Waals surface area contributed by atoms with Crippen molar-refractivity contribution in [2.75, 3.05) is 6.54 Å². The van der Waals surface area contributed by atoms with E-state index in [1.165, 1.54) is 0 Å². The van der Waals surface area contributed by atoms with Crippen molar-refractivity contribution in [3.63, 3.8) is 0 Å². The Labute approximate surface area is 104 Å². The molecule has 7 heteroatoms. The molecule has 0 fully saturated rings. The van der Waals surface area contributed by atoms with Crippen LogP contribution in [0.2, 0.25) is 0 Å². The molecule has 5 nitrogen and oxygen atoms in total. The number of rotatable bonds is 6. The van der Waals surface area contributed by atoms with Gasteiger partial charge >= 0.3 is 0 Å². The van der Waals surface area contributed by atoms with E-state index in [1.54, 1.807) is 0 Å². The summed E-state index contributed by atoms with van der Waals surface area (Å²) in [5.41, 5.74) is 6.10. The highest BCUT2D eigenvalue weighted by Crippen LogP contribution is 2.12. The van der Waals surface area contributed by atoms with E-state index in [9.17, 15) is 4.79 Å². The number of aryl methyl sites for hydroxylation is 1. The van der Waals surface area contributed by atoms with Gasteiger partial charge < -0.3 is 11.1 Å². The standard InChI is InChI=1S/C9H14N4OS2/c1-2-3-6-8(16-13-12-6)9(14)11-5-4-7(10)15/h2-5H2,1H3,(H2,10,15)(H,11,14). The second-order valence-corrected chi connectivity index (χ2v) is 4.55. The summed E-state index contributed by atoms with van der Waals surface area (Å²) in [5.74, 6) is -0.144. The molecule has 0 atom stereocenters. The third-order valence-electron chi connectivity index (χ3n) is 1.91. The van der Waals surface area contributed by atoms with E-state index in [4.69, 9.17) is 18.0 Å². The highest BCUT2D eigenvalue weighted by atomic mass is 32.1. The van der Waals surface area contributed by atoms with Crippen LogP contribution in [0.5, 0.6) is 0 Å². The van der Waals surface area contributed by atoms with Crippen molar-refractivity contribution in [1.29, 1.82) is 0 Å². The van der Waals surface area contributed by atoms with Crippen LogP contribution in [0, 0.1) is 0 Å². The van der Waals surface area contributed by atoms with E-state index in [0.717, 1.165) is 30.1 Å². The number of thiocarbonyl (C=S) groups is 1. The number of hydrogen-bond donors (Lipinski definition) is 2. The van der Waals surface area contributed by atoms with E-state index < -0.39 is 0 Å². The van der Waals surface area contributed by atoms with Crippen molar-refractivity contribution in [2.45, 2.75) is 26.2 Å². The number of nitrogens with one attached hydrogen (secondary N) is 1. The zero-order valence-electron chi connectivity index (χ0n) is 9.02. The molecule has 0 unspecified atom stereocenters. The molecule has 0 bridgehead atoms. The van der Waals surface area contributed by atoms with Gasteiger partial charge in [-0.2, -0.15) is 0 Å². The van der Waals surface area contributed by atoms with Gasteiger partial charge in [-0.15, -0.1) is 5.10 Å². The average molecular weight is 258 g/mol. The van der Waals surface area contributed by atoms with Crippen LogP contribution in [0.3, 0.4) is 0 Å². The van der Waals surface area contributed by atoms with Crippen LogP contribution >= 0.6 is 23.8 Å². The molecule has 1 heterocycles. The van der Waals surface area contributed by atoms with Gasteiger partial charge in [0.25, 0.3) is 5.91 Å². The first-order chi connectivity index (χ1) is 7.65. The summed E-state index contributed by atoms with van der Waals surface area (Å²) in [6, 6.07) is 0. The van der Waals surface area contributed by atoms with Crippen LogP contribution in [0.15, 0.2) is 0 Å². The molecule has 88 valence electrons. The van der Waals surface area contributed by atoms with E-state index in [2.05, 4.69) is 14.9 Å². The van der Waals surface area contributed by atoms with E-state index in [1.807, 2.05) is 6.92 Å². The van der Waals surface area contributed by atoms with Gasteiger partial charge in [0.05, 0.1) is 10.7 Å². The molecule has 1 amide bonds. The molecule has 0 saturated carbocycles. The summed E-state index contributed by atoms with van der Waals surface area (Å²) in [4.78, 5) is 12.7. The van der Waals surface area contributed by atoms with E-state index >= 15 is 0 Å². The predicted octanol–water partition coefficient (Wildman–Crippen LogP) is 0.897. The Balaban J connectivity index is 2.52. The number of amides is 1. The quantitative estimate of drug-likeness (QED) is 0.741. The molecule has 0 spiro atoms. The van der Waals surface area contributed by atoms with E-state index in [0.29, 0.717) is 22.8 Å². The highest BCUT2D eigenvalue weighted by Gasteiger charge is 2.14.